The molecule has 0 amide bonds. The standard InChI is InChI=1S/C25H25N7O3.ClH/c1-35-25(34)18-9-7-17(8-10-18)22-28-20-15-27-30-24(33)21(20)23(29-22)32(19-5-3-2-4-6-19)16-31-13-11-26-12-14-31;/h2-10,15,26H,11-14,16H2,1H3,(H,30,33);1H. The fraction of sp³-hybridized carbons (Fsp3) is 0.240. The molecule has 1 fully saturated rings. The van der Waals surface area contributed by atoms with E-state index in [9.17, 15) is 9.59 Å². The van der Waals surface area contributed by atoms with Crippen LogP contribution in [0.5, 0.6) is 0 Å². The number of fused-ring (bicyclic) bond motifs is 1. The van der Waals surface area contributed by atoms with Crippen LogP contribution in [0.3, 0.4) is 0 Å². The largest absolute Gasteiger partial charge is 0.465 e. The number of carbonyl (C=O) groups is 1. The maximum absolute atomic E-state index is 12.9. The number of carbonyl (C=O) groups excluding carboxylic acids is 1. The number of ether oxygens (including phenoxy) is 1. The maximum atomic E-state index is 12.9. The van der Waals surface area contributed by atoms with Gasteiger partial charge in [-0.1, -0.05) is 30.3 Å². The number of para-hydroxylation sites is 1. The van der Waals surface area contributed by atoms with E-state index in [1.807, 2.05) is 35.2 Å². The number of esters is 1. The lowest BCUT2D eigenvalue weighted by atomic mass is 10.1. The van der Waals surface area contributed by atoms with Gasteiger partial charge in [0.25, 0.3) is 5.56 Å². The Labute approximate surface area is 213 Å². The Balaban J connectivity index is 0.00000304. The molecule has 11 heteroatoms. The number of hydrogen-bond donors (Lipinski definition) is 2. The number of hydrogen-bond acceptors (Lipinski definition) is 9. The van der Waals surface area contributed by atoms with Crippen molar-refractivity contribution in [1.29, 1.82) is 0 Å². The Morgan fingerprint density at radius 2 is 1.78 bits per heavy atom. The van der Waals surface area contributed by atoms with Gasteiger partial charge in [0.15, 0.2) is 11.6 Å². The molecule has 5 rings (SSSR count). The summed E-state index contributed by atoms with van der Waals surface area (Å²) >= 11 is 0. The first-order valence-corrected chi connectivity index (χ1v) is 11.3. The third-order valence-electron chi connectivity index (χ3n) is 5.94. The van der Waals surface area contributed by atoms with Crippen LogP contribution in [-0.2, 0) is 4.74 Å². The first-order valence-electron chi connectivity index (χ1n) is 11.3. The van der Waals surface area contributed by atoms with Crippen molar-refractivity contribution in [2.75, 3.05) is 44.9 Å². The van der Waals surface area contributed by atoms with Crippen LogP contribution < -0.4 is 15.8 Å². The highest BCUT2D eigenvalue weighted by Gasteiger charge is 2.23. The summed E-state index contributed by atoms with van der Waals surface area (Å²) < 4.78 is 4.79. The molecule has 1 aliphatic heterocycles. The number of aromatic amines is 1. The Morgan fingerprint density at radius 1 is 1.06 bits per heavy atom. The summed E-state index contributed by atoms with van der Waals surface area (Å²) in [5.41, 5.74) is 2.13. The van der Waals surface area contributed by atoms with E-state index in [1.165, 1.54) is 13.3 Å². The summed E-state index contributed by atoms with van der Waals surface area (Å²) in [7, 11) is 1.34. The van der Waals surface area contributed by atoms with Crippen molar-refractivity contribution in [2.24, 2.45) is 0 Å². The molecule has 36 heavy (non-hydrogen) atoms. The van der Waals surface area contributed by atoms with Gasteiger partial charge in [-0.2, -0.15) is 5.10 Å². The van der Waals surface area contributed by atoms with Gasteiger partial charge in [-0.25, -0.2) is 19.9 Å². The van der Waals surface area contributed by atoms with Crippen LogP contribution in [-0.4, -0.2) is 71.0 Å². The lowest BCUT2D eigenvalue weighted by Gasteiger charge is -2.34. The van der Waals surface area contributed by atoms with Gasteiger partial charge in [-0.3, -0.25) is 9.69 Å². The van der Waals surface area contributed by atoms with Crippen molar-refractivity contribution in [3.8, 4) is 11.4 Å². The van der Waals surface area contributed by atoms with Gasteiger partial charge >= 0.3 is 5.97 Å². The van der Waals surface area contributed by atoms with Crippen molar-refractivity contribution in [3.05, 3.63) is 76.7 Å². The molecule has 0 bridgehead atoms. The number of H-pyrrole nitrogens is 1. The monoisotopic (exact) mass is 507 g/mol. The molecule has 186 valence electrons. The van der Waals surface area contributed by atoms with Crippen LogP contribution in [0.25, 0.3) is 22.3 Å². The molecular formula is C25H26ClN7O3. The maximum Gasteiger partial charge on any atom is 0.337 e. The number of methoxy groups -OCH3 is 1. The quantitative estimate of drug-likeness (QED) is 0.380. The number of nitrogens with zero attached hydrogens (tertiary/aromatic N) is 5. The molecular weight excluding hydrogens is 482 g/mol. The minimum Gasteiger partial charge on any atom is -0.465 e. The van der Waals surface area contributed by atoms with Crippen LogP contribution in [0.1, 0.15) is 10.4 Å². The van der Waals surface area contributed by atoms with E-state index in [4.69, 9.17) is 9.72 Å². The molecule has 0 saturated carbocycles. The zero-order valence-corrected chi connectivity index (χ0v) is 20.5. The Hall–Kier alpha value is -3.86. The van der Waals surface area contributed by atoms with E-state index in [2.05, 4.69) is 25.4 Å². The van der Waals surface area contributed by atoms with Crippen LogP contribution in [0, 0.1) is 0 Å². The van der Waals surface area contributed by atoms with E-state index >= 15 is 0 Å². The summed E-state index contributed by atoms with van der Waals surface area (Å²) in [6.45, 7) is 4.11. The number of piperazine rings is 1. The van der Waals surface area contributed by atoms with Gasteiger partial charge in [-0.05, 0) is 24.3 Å². The fourth-order valence-electron chi connectivity index (χ4n) is 4.11. The van der Waals surface area contributed by atoms with Crippen molar-refractivity contribution >= 4 is 40.8 Å². The molecule has 10 nitrogen and oxygen atoms in total. The van der Waals surface area contributed by atoms with Crippen LogP contribution in [0.15, 0.2) is 65.6 Å². The van der Waals surface area contributed by atoms with Gasteiger partial charge in [0.05, 0.1) is 25.5 Å². The molecule has 1 aliphatic rings. The second kappa shape index (κ2) is 11.3. The molecule has 0 unspecified atom stereocenters. The smallest absolute Gasteiger partial charge is 0.337 e. The average molecular weight is 508 g/mol. The number of nitrogens with one attached hydrogen (secondary N) is 2. The Kier molecular flexibility index (Phi) is 7.89. The second-order valence-electron chi connectivity index (χ2n) is 8.17. The zero-order chi connectivity index (χ0) is 24.2. The molecule has 0 radical (unpaired) electrons. The van der Waals surface area contributed by atoms with Gasteiger partial charge in [-0.15, -0.1) is 12.4 Å². The topological polar surface area (TPSA) is 116 Å². The molecule has 1 saturated heterocycles. The van der Waals surface area contributed by atoms with Gasteiger partial charge in [0.2, 0.25) is 0 Å². The predicted octanol–water partition coefficient (Wildman–Crippen LogP) is 2.59. The lowest BCUT2D eigenvalue weighted by molar-refractivity contribution is 0.0600. The molecule has 0 aliphatic carbocycles. The van der Waals surface area contributed by atoms with Crippen molar-refractivity contribution in [2.45, 2.75) is 0 Å². The van der Waals surface area contributed by atoms with Crippen molar-refractivity contribution in [1.82, 2.24) is 30.4 Å². The average Bonchev–Trinajstić information content (AvgIpc) is 2.92. The van der Waals surface area contributed by atoms with E-state index in [-0.39, 0.29) is 18.0 Å². The molecule has 4 aromatic rings. The number of anilines is 2. The van der Waals surface area contributed by atoms with Gasteiger partial charge in [0, 0.05) is 37.4 Å². The molecule has 0 atom stereocenters. The minimum absolute atomic E-state index is 0. The van der Waals surface area contributed by atoms with Crippen LogP contribution >= 0.6 is 12.4 Å². The number of aromatic nitrogens is 4. The highest BCUT2D eigenvalue weighted by molar-refractivity contribution is 5.92. The van der Waals surface area contributed by atoms with Crippen molar-refractivity contribution < 1.29 is 9.53 Å². The first kappa shape index (κ1) is 25.2. The normalized spacial score (nSPS) is 13.7. The van der Waals surface area contributed by atoms with E-state index in [1.54, 1.807) is 24.3 Å². The zero-order valence-electron chi connectivity index (χ0n) is 19.7. The molecule has 2 aromatic carbocycles. The second-order valence-corrected chi connectivity index (χ2v) is 8.17. The van der Waals surface area contributed by atoms with E-state index < -0.39 is 5.97 Å². The lowest BCUT2D eigenvalue weighted by Crippen LogP contribution is -2.47. The van der Waals surface area contributed by atoms with Gasteiger partial charge in [0.1, 0.15) is 10.9 Å². The molecule has 0 spiro atoms. The molecule has 2 aromatic heterocycles. The fourth-order valence-corrected chi connectivity index (χ4v) is 4.11. The van der Waals surface area contributed by atoms with Crippen LogP contribution in [0.4, 0.5) is 11.5 Å². The number of halogens is 1. The summed E-state index contributed by atoms with van der Waals surface area (Å²) in [4.78, 5) is 38.6. The van der Waals surface area contributed by atoms with E-state index in [0.717, 1.165) is 31.9 Å². The number of benzene rings is 2. The molecule has 3 heterocycles. The third-order valence-corrected chi connectivity index (χ3v) is 5.94. The summed E-state index contributed by atoms with van der Waals surface area (Å²) in [6.07, 6.45) is 1.53. The summed E-state index contributed by atoms with van der Waals surface area (Å²) in [5.74, 6) is 0.506. The number of rotatable bonds is 6. The highest BCUT2D eigenvalue weighted by Crippen LogP contribution is 2.30. The third kappa shape index (κ3) is 5.20. The Bertz CT molecular complexity index is 1390. The minimum atomic E-state index is -0.418. The van der Waals surface area contributed by atoms with E-state index in [0.29, 0.717) is 40.3 Å². The SMILES string of the molecule is COC(=O)c1ccc(-c2nc(N(CN3CCNCC3)c3ccccc3)c3c(=O)[nH]ncc3n2)cc1.Cl. The Morgan fingerprint density at radius 3 is 2.47 bits per heavy atom. The van der Waals surface area contributed by atoms with Crippen molar-refractivity contribution in [3.63, 3.8) is 0 Å². The molecule has 2 N–H and O–H groups in total. The highest BCUT2D eigenvalue weighted by atomic mass is 35.5. The van der Waals surface area contributed by atoms with Gasteiger partial charge < -0.3 is 15.0 Å². The summed E-state index contributed by atoms with van der Waals surface area (Å²) in [5, 5.41) is 10.2. The predicted molar refractivity (Wildman–Crippen MR) is 140 cm³/mol. The first-order chi connectivity index (χ1) is 17.1. The summed E-state index contributed by atoms with van der Waals surface area (Å²) in [6, 6.07) is 16.7. The van der Waals surface area contributed by atoms with Crippen LogP contribution in [0.2, 0.25) is 0 Å².